The standard InChI is InChI=1S/C29H28N4O2/c1-19-11-12-20(2)24(17-19)27-22-7-3-4-8-23(22)29(34)33(31-27)18-32-15-13-21(14-16-32)28-30-25-9-5-6-10-26(25)35-28/h3-12,17,21H,13-16,18H2,1-2H3. The van der Waals surface area contributed by atoms with Crippen molar-refractivity contribution in [2.24, 2.45) is 0 Å². The second-order valence-electron chi connectivity index (χ2n) is 9.57. The molecule has 1 saturated heterocycles. The van der Waals surface area contributed by atoms with Crippen molar-refractivity contribution in [2.75, 3.05) is 13.1 Å². The highest BCUT2D eigenvalue weighted by molar-refractivity contribution is 5.94. The maximum Gasteiger partial charge on any atom is 0.275 e. The summed E-state index contributed by atoms with van der Waals surface area (Å²) in [4.78, 5) is 20.4. The molecule has 0 radical (unpaired) electrons. The Balaban J connectivity index is 1.28. The normalized spacial score (nSPS) is 15.3. The van der Waals surface area contributed by atoms with Gasteiger partial charge in [-0.2, -0.15) is 5.10 Å². The van der Waals surface area contributed by atoms with Crippen molar-refractivity contribution in [2.45, 2.75) is 39.3 Å². The third-order valence-corrected chi connectivity index (χ3v) is 7.10. The van der Waals surface area contributed by atoms with Crippen LogP contribution in [0.2, 0.25) is 0 Å². The maximum absolute atomic E-state index is 13.4. The van der Waals surface area contributed by atoms with Crippen molar-refractivity contribution in [1.29, 1.82) is 0 Å². The summed E-state index contributed by atoms with van der Waals surface area (Å²) in [7, 11) is 0. The van der Waals surface area contributed by atoms with E-state index in [0.29, 0.717) is 18.0 Å². The number of fused-ring (bicyclic) bond motifs is 2. The van der Waals surface area contributed by atoms with E-state index < -0.39 is 0 Å². The first-order valence-corrected chi connectivity index (χ1v) is 12.2. The second kappa shape index (κ2) is 8.78. The van der Waals surface area contributed by atoms with Gasteiger partial charge in [0, 0.05) is 30.0 Å². The van der Waals surface area contributed by atoms with E-state index >= 15 is 0 Å². The minimum absolute atomic E-state index is 0.0456. The van der Waals surface area contributed by atoms with Crippen molar-refractivity contribution in [3.8, 4) is 11.3 Å². The highest BCUT2D eigenvalue weighted by Gasteiger charge is 2.25. The highest BCUT2D eigenvalue weighted by atomic mass is 16.3. The molecule has 35 heavy (non-hydrogen) atoms. The van der Waals surface area contributed by atoms with Gasteiger partial charge in [-0.25, -0.2) is 9.67 Å². The van der Waals surface area contributed by atoms with Gasteiger partial charge >= 0.3 is 0 Å². The number of oxazole rings is 1. The fourth-order valence-electron chi connectivity index (χ4n) is 5.10. The van der Waals surface area contributed by atoms with Crippen LogP contribution in [0.25, 0.3) is 33.1 Å². The Kier molecular flexibility index (Phi) is 5.46. The van der Waals surface area contributed by atoms with E-state index in [1.807, 2.05) is 48.5 Å². The monoisotopic (exact) mass is 464 g/mol. The predicted molar refractivity (Wildman–Crippen MR) is 138 cm³/mol. The molecule has 0 amide bonds. The van der Waals surface area contributed by atoms with Crippen LogP contribution in [0.5, 0.6) is 0 Å². The number of aromatic nitrogens is 3. The van der Waals surface area contributed by atoms with Gasteiger partial charge in [0.05, 0.1) is 17.7 Å². The first-order valence-electron chi connectivity index (χ1n) is 12.2. The lowest BCUT2D eigenvalue weighted by Crippen LogP contribution is -2.38. The summed E-state index contributed by atoms with van der Waals surface area (Å²) >= 11 is 0. The van der Waals surface area contributed by atoms with Crippen LogP contribution in [0.15, 0.2) is 75.9 Å². The fraction of sp³-hybridized carbons (Fsp3) is 0.276. The van der Waals surface area contributed by atoms with Crippen molar-refractivity contribution >= 4 is 21.9 Å². The SMILES string of the molecule is Cc1ccc(C)c(-c2nn(CN3CCC(c4nc5ccccc5o4)CC3)c(=O)c3ccccc23)c1. The van der Waals surface area contributed by atoms with E-state index in [1.165, 1.54) is 5.56 Å². The third-order valence-electron chi connectivity index (χ3n) is 7.10. The Morgan fingerprint density at radius 1 is 0.943 bits per heavy atom. The first kappa shape index (κ1) is 21.7. The van der Waals surface area contributed by atoms with E-state index in [-0.39, 0.29) is 5.56 Å². The summed E-state index contributed by atoms with van der Waals surface area (Å²) in [5, 5.41) is 6.51. The molecular weight excluding hydrogens is 436 g/mol. The van der Waals surface area contributed by atoms with Gasteiger partial charge in [0.15, 0.2) is 11.5 Å². The van der Waals surface area contributed by atoms with Crippen LogP contribution in [0.1, 0.15) is 35.8 Å². The number of para-hydroxylation sites is 2. The number of likely N-dealkylation sites (tertiary alicyclic amines) is 1. The number of aryl methyl sites for hydroxylation is 2. The van der Waals surface area contributed by atoms with Crippen molar-refractivity contribution in [3.63, 3.8) is 0 Å². The van der Waals surface area contributed by atoms with Gasteiger partial charge in [-0.05, 0) is 56.5 Å². The number of rotatable bonds is 4. The zero-order chi connectivity index (χ0) is 23.9. The largest absolute Gasteiger partial charge is 0.440 e. The topological polar surface area (TPSA) is 64.2 Å². The molecule has 3 aromatic carbocycles. The van der Waals surface area contributed by atoms with Crippen LogP contribution in [-0.4, -0.2) is 32.8 Å². The zero-order valence-electron chi connectivity index (χ0n) is 20.1. The molecule has 0 saturated carbocycles. The molecule has 6 rings (SSSR count). The number of nitrogens with zero attached hydrogens (tertiary/aromatic N) is 4. The Bertz CT molecular complexity index is 1560. The molecule has 0 aliphatic carbocycles. The highest BCUT2D eigenvalue weighted by Crippen LogP contribution is 2.31. The van der Waals surface area contributed by atoms with Crippen LogP contribution in [0.4, 0.5) is 0 Å². The van der Waals surface area contributed by atoms with E-state index in [0.717, 1.165) is 65.1 Å². The zero-order valence-corrected chi connectivity index (χ0v) is 20.1. The van der Waals surface area contributed by atoms with Crippen LogP contribution in [0, 0.1) is 13.8 Å². The third kappa shape index (κ3) is 4.04. The van der Waals surface area contributed by atoms with Gasteiger partial charge in [0.1, 0.15) is 5.52 Å². The maximum atomic E-state index is 13.4. The molecular formula is C29H28N4O2. The molecule has 1 aliphatic rings. The number of hydrogen-bond donors (Lipinski definition) is 0. The Hall–Kier alpha value is -3.77. The van der Waals surface area contributed by atoms with Crippen molar-refractivity contribution < 1.29 is 4.42 Å². The van der Waals surface area contributed by atoms with Gasteiger partial charge in [-0.1, -0.05) is 48.0 Å². The predicted octanol–water partition coefficient (Wildman–Crippen LogP) is 5.66. The molecule has 1 aliphatic heterocycles. The summed E-state index contributed by atoms with van der Waals surface area (Å²) < 4.78 is 7.65. The molecule has 0 spiro atoms. The summed E-state index contributed by atoms with van der Waals surface area (Å²) in [5.74, 6) is 1.12. The van der Waals surface area contributed by atoms with Gasteiger partial charge in [0.25, 0.3) is 5.56 Å². The van der Waals surface area contributed by atoms with Crippen LogP contribution < -0.4 is 5.56 Å². The Morgan fingerprint density at radius 2 is 1.69 bits per heavy atom. The van der Waals surface area contributed by atoms with E-state index in [9.17, 15) is 4.79 Å². The van der Waals surface area contributed by atoms with Crippen LogP contribution >= 0.6 is 0 Å². The molecule has 0 atom stereocenters. The van der Waals surface area contributed by atoms with E-state index in [1.54, 1.807) is 4.68 Å². The smallest absolute Gasteiger partial charge is 0.275 e. The quantitative estimate of drug-likeness (QED) is 0.343. The molecule has 0 bridgehead atoms. The van der Waals surface area contributed by atoms with Gasteiger partial charge in [-0.3, -0.25) is 9.69 Å². The minimum atomic E-state index is -0.0456. The van der Waals surface area contributed by atoms with E-state index in [2.05, 4.69) is 36.9 Å². The Morgan fingerprint density at radius 3 is 2.49 bits per heavy atom. The molecule has 0 N–H and O–H groups in total. The summed E-state index contributed by atoms with van der Waals surface area (Å²) in [6, 6.07) is 22.1. The molecule has 5 aromatic rings. The average Bonchev–Trinajstić information content (AvgIpc) is 3.32. The molecule has 176 valence electrons. The first-order chi connectivity index (χ1) is 17.1. The minimum Gasteiger partial charge on any atom is -0.440 e. The molecule has 3 heterocycles. The number of benzene rings is 3. The number of piperidine rings is 1. The van der Waals surface area contributed by atoms with Crippen LogP contribution in [0.3, 0.4) is 0 Å². The lowest BCUT2D eigenvalue weighted by atomic mass is 9.97. The molecule has 0 unspecified atom stereocenters. The summed E-state index contributed by atoms with van der Waals surface area (Å²) in [6.07, 6.45) is 1.89. The van der Waals surface area contributed by atoms with Crippen molar-refractivity contribution in [1.82, 2.24) is 19.7 Å². The molecule has 1 fully saturated rings. The lowest BCUT2D eigenvalue weighted by molar-refractivity contribution is 0.152. The van der Waals surface area contributed by atoms with Crippen LogP contribution in [-0.2, 0) is 6.67 Å². The second-order valence-corrected chi connectivity index (χ2v) is 9.57. The lowest BCUT2D eigenvalue weighted by Gasteiger charge is -2.30. The summed E-state index contributed by atoms with van der Waals surface area (Å²) in [6.45, 7) is 6.38. The van der Waals surface area contributed by atoms with E-state index in [4.69, 9.17) is 14.5 Å². The molecule has 6 nitrogen and oxygen atoms in total. The average molecular weight is 465 g/mol. The fourth-order valence-corrected chi connectivity index (χ4v) is 5.10. The van der Waals surface area contributed by atoms with Gasteiger partial charge < -0.3 is 4.42 Å². The van der Waals surface area contributed by atoms with Gasteiger partial charge in [-0.15, -0.1) is 0 Å². The number of hydrogen-bond acceptors (Lipinski definition) is 5. The molecule has 6 heteroatoms. The summed E-state index contributed by atoms with van der Waals surface area (Å²) in [5.41, 5.74) is 5.97. The molecule has 2 aromatic heterocycles. The van der Waals surface area contributed by atoms with Gasteiger partial charge in [0.2, 0.25) is 0 Å². The van der Waals surface area contributed by atoms with Crippen molar-refractivity contribution in [3.05, 3.63) is 94.1 Å². The Labute approximate surface area is 203 Å².